The molecule has 0 radical (unpaired) electrons. The molecule has 3 N–H and O–H groups in total. The highest BCUT2D eigenvalue weighted by molar-refractivity contribution is 5.84. The summed E-state index contributed by atoms with van der Waals surface area (Å²) in [5.41, 5.74) is 1.68. The minimum atomic E-state index is -0.775. The Labute approximate surface area is 128 Å². The maximum absolute atomic E-state index is 10.9. The molecule has 0 heterocycles. The van der Waals surface area contributed by atoms with Gasteiger partial charge in [-0.3, -0.25) is 25.7 Å². The van der Waals surface area contributed by atoms with Crippen LogP contribution in [0.2, 0.25) is 0 Å². The van der Waals surface area contributed by atoms with Crippen LogP contribution in [0.1, 0.15) is 5.56 Å². The van der Waals surface area contributed by atoms with Gasteiger partial charge >= 0.3 is 5.69 Å². The minimum absolute atomic E-state index is 0.0462. The van der Waals surface area contributed by atoms with Crippen molar-refractivity contribution < 1.29 is 20.1 Å². The number of aromatic hydroxyl groups is 2. The molecule has 2 rings (SSSR count). The number of hydrogen-bond donors (Lipinski definition) is 3. The lowest BCUT2D eigenvalue weighted by Gasteiger charge is -2.02. The number of nitrogens with zero attached hydrogens (tertiary/aromatic N) is 3. The Morgan fingerprint density at radius 1 is 1.04 bits per heavy atom. The van der Waals surface area contributed by atoms with Gasteiger partial charge in [-0.15, -0.1) is 0 Å². The predicted molar refractivity (Wildman–Crippen MR) is 80.7 cm³/mol. The molecule has 0 aliphatic rings. The fourth-order valence-corrected chi connectivity index (χ4v) is 1.69. The molecule has 0 atom stereocenters. The number of anilines is 1. The lowest BCUT2D eigenvalue weighted by Crippen LogP contribution is -1.98. The van der Waals surface area contributed by atoms with Gasteiger partial charge in [0.15, 0.2) is 0 Å². The number of rotatable bonds is 5. The summed E-state index contributed by atoms with van der Waals surface area (Å²) in [4.78, 5) is 20.1. The second kappa shape index (κ2) is 6.39. The van der Waals surface area contributed by atoms with Gasteiger partial charge in [-0.1, -0.05) is 0 Å². The van der Waals surface area contributed by atoms with Crippen molar-refractivity contribution in [3.8, 4) is 11.5 Å². The first-order valence-electron chi connectivity index (χ1n) is 6.12. The van der Waals surface area contributed by atoms with Crippen molar-refractivity contribution in [2.45, 2.75) is 0 Å². The first-order chi connectivity index (χ1) is 10.9. The first-order valence-corrected chi connectivity index (χ1v) is 6.12. The SMILES string of the molecule is O=[N+]([O-])c1ccc(NN=Cc2ccc(O)cc2O)c([N+](=O)[O-])c1. The van der Waals surface area contributed by atoms with E-state index in [0.29, 0.717) is 0 Å². The summed E-state index contributed by atoms with van der Waals surface area (Å²) in [6, 6.07) is 6.90. The van der Waals surface area contributed by atoms with E-state index in [-0.39, 0.29) is 22.7 Å². The number of non-ortho nitro benzene ring substituents is 1. The minimum Gasteiger partial charge on any atom is -0.508 e. The van der Waals surface area contributed by atoms with Gasteiger partial charge in [0.1, 0.15) is 17.2 Å². The summed E-state index contributed by atoms with van der Waals surface area (Å²) in [6.45, 7) is 0. The van der Waals surface area contributed by atoms with Crippen LogP contribution in [-0.4, -0.2) is 26.3 Å². The highest BCUT2D eigenvalue weighted by Crippen LogP contribution is 2.29. The van der Waals surface area contributed by atoms with Crippen LogP contribution >= 0.6 is 0 Å². The molecule has 0 saturated carbocycles. The van der Waals surface area contributed by atoms with Crippen LogP contribution in [0.25, 0.3) is 0 Å². The van der Waals surface area contributed by atoms with E-state index >= 15 is 0 Å². The third kappa shape index (κ3) is 3.69. The summed E-state index contributed by atoms with van der Waals surface area (Å²) in [6.07, 6.45) is 1.18. The molecule has 23 heavy (non-hydrogen) atoms. The van der Waals surface area contributed by atoms with Crippen LogP contribution in [0.15, 0.2) is 41.5 Å². The summed E-state index contributed by atoms with van der Waals surface area (Å²) in [7, 11) is 0. The van der Waals surface area contributed by atoms with Gasteiger partial charge in [-0.05, 0) is 18.2 Å². The van der Waals surface area contributed by atoms with Crippen LogP contribution in [0.4, 0.5) is 17.1 Å². The highest BCUT2D eigenvalue weighted by atomic mass is 16.6. The van der Waals surface area contributed by atoms with Crippen molar-refractivity contribution >= 4 is 23.3 Å². The Bertz CT molecular complexity index is 805. The number of hydrogen-bond acceptors (Lipinski definition) is 8. The van der Waals surface area contributed by atoms with Crippen LogP contribution in [-0.2, 0) is 0 Å². The van der Waals surface area contributed by atoms with Crippen molar-refractivity contribution in [2.24, 2.45) is 5.10 Å². The van der Waals surface area contributed by atoms with Crippen molar-refractivity contribution in [1.29, 1.82) is 0 Å². The van der Waals surface area contributed by atoms with Gasteiger partial charge < -0.3 is 10.2 Å². The molecular formula is C13H10N4O6. The Balaban J connectivity index is 2.24. The highest BCUT2D eigenvalue weighted by Gasteiger charge is 2.19. The molecule has 0 saturated heterocycles. The number of nitro groups is 2. The lowest BCUT2D eigenvalue weighted by molar-refractivity contribution is -0.393. The number of hydrazone groups is 1. The quantitative estimate of drug-likeness (QED) is 0.434. The maximum atomic E-state index is 10.9. The average Bonchev–Trinajstić information content (AvgIpc) is 2.49. The van der Waals surface area contributed by atoms with Crippen molar-refractivity contribution in [2.75, 3.05) is 5.43 Å². The molecular weight excluding hydrogens is 308 g/mol. The van der Waals surface area contributed by atoms with Crippen molar-refractivity contribution in [3.05, 3.63) is 62.2 Å². The molecule has 0 spiro atoms. The normalized spacial score (nSPS) is 10.6. The molecule has 0 aliphatic heterocycles. The van der Waals surface area contributed by atoms with E-state index in [1.54, 1.807) is 0 Å². The van der Waals surface area contributed by atoms with Crippen molar-refractivity contribution in [1.82, 2.24) is 0 Å². The number of benzene rings is 2. The molecule has 10 heteroatoms. The molecule has 2 aromatic rings. The zero-order valence-corrected chi connectivity index (χ0v) is 11.4. The van der Waals surface area contributed by atoms with E-state index in [1.807, 2.05) is 0 Å². The second-order valence-electron chi connectivity index (χ2n) is 4.33. The van der Waals surface area contributed by atoms with E-state index < -0.39 is 21.2 Å². The molecule has 0 unspecified atom stereocenters. The zero-order chi connectivity index (χ0) is 17.0. The Morgan fingerprint density at radius 2 is 1.78 bits per heavy atom. The summed E-state index contributed by atoms with van der Waals surface area (Å²) in [5, 5.41) is 44.0. The molecule has 118 valence electrons. The summed E-state index contributed by atoms with van der Waals surface area (Å²) in [5.74, 6) is -0.354. The van der Waals surface area contributed by atoms with E-state index in [0.717, 1.165) is 24.3 Å². The second-order valence-corrected chi connectivity index (χ2v) is 4.33. The van der Waals surface area contributed by atoms with Gasteiger partial charge in [0.05, 0.1) is 22.1 Å². The van der Waals surface area contributed by atoms with E-state index in [2.05, 4.69) is 10.5 Å². The maximum Gasteiger partial charge on any atom is 0.301 e. The molecule has 0 aliphatic carbocycles. The number of phenolic OH excluding ortho intramolecular Hbond substituents is 2. The van der Waals surface area contributed by atoms with E-state index in [1.165, 1.54) is 18.3 Å². The Morgan fingerprint density at radius 3 is 2.39 bits per heavy atom. The largest absolute Gasteiger partial charge is 0.508 e. The Kier molecular flexibility index (Phi) is 4.36. The van der Waals surface area contributed by atoms with Gasteiger partial charge in [-0.25, -0.2) is 0 Å². The molecule has 0 amide bonds. The first kappa shape index (κ1) is 15.7. The Hall–Kier alpha value is -3.69. The monoisotopic (exact) mass is 318 g/mol. The molecule has 2 aromatic carbocycles. The van der Waals surface area contributed by atoms with Gasteiger partial charge in [0, 0.05) is 17.7 Å². The van der Waals surface area contributed by atoms with Crippen LogP contribution < -0.4 is 5.43 Å². The number of nitro benzene ring substituents is 2. The number of nitrogens with one attached hydrogen (secondary N) is 1. The van der Waals surface area contributed by atoms with Crippen LogP contribution in [0.5, 0.6) is 11.5 Å². The molecule has 0 fully saturated rings. The van der Waals surface area contributed by atoms with E-state index in [9.17, 15) is 25.3 Å². The summed E-state index contributed by atoms with van der Waals surface area (Å²) >= 11 is 0. The standard InChI is InChI=1S/C13H10N4O6/c18-10-3-1-8(13(19)6-10)7-14-15-11-4-2-9(16(20)21)5-12(11)17(22)23/h1-7,15,18-19H. The number of phenols is 2. The van der Waals surface area contributed by atoms with Crippen LogP contribution in [0.3, 0.4) is 0 Å². The fraction of sp³-hybridized carbons (Fsp3) is 0. The third-order valence-electron chi connectivity index (χ3n) is 2.79. The smallest absolute Gasteiger partial charge is 0.301 e. The summed E-state index contributed by atoms with van der Waals surface area (Å²) < 4.78 is 0. The van der Waals surface area contributed by atoms with E-state index in [4.69, 9.17) is 5.11 Å². The molecule has 0 aromatic heterocycles. The fourth-order valence-electron chi connectivity index (χ4n) is 1.69. The zero-order valence-electron chi connectivity index (χ0n) is 11.4. The van der Waals surface area contributed by atoms with Gasteiger partial charge in [0.25, 0.3) is 5.69 Å². The average molecular weight is 318 g/mol. The third-order valence-corrected chi connectivity index (χ3v) is 2.79. The van der Waals surface area contributed by atoms with Gasteiger partial charge in [-0.2, -0.15) is 5.10 Å². The topological polar surface area (TPSA) is 151 Å². The molecule has 0 bridgehead atoms. The lowest BCUT2D eigenvalue weighted by atomic mass is 10.2. The van der Waals surface area contributed by atoms with Crippen LogP contribution in [0, 0.1) is 20.2 Å². The molecule has 10 nitrogen and oxygen atoms in total. The van der Waals surface area contributed by atoms with Crippen molar-refractivity contribution in [3.63, 3.8) is 0 Å². The van der Waals surface area contributed by atoms with Gasteiger partial charge in [0.2, 0.25) is 0 Å². The predicted octanol–water partition coefficient (Wildman–Crippen LogP) is 2.36.